The molecule has 2 heterocycles. The molecule has 3 nitrogen and oxygen atoms in total. The third-order valence-electron chi connectivity index (χ3n) is 11.8. The molecule has 0 aliphatic carbocycles. The van der Waals surface area contributed by atoms with E-state index in [0.717, 1.165) is 84.1 Å². The summed E-state index contributed by atoms with van der Waals surface area (Å²) in [5.74, 6) is 0. The van der Waals surface area contributed by atoms with Crippen molar-refractivity contribution in [1.82, 2.24) is 0 Å². The van der Waals surface area contributed by atoms with Gasteiger partial charge in [0.2, 0.25) is 0 Å². The Morgan fingerprint density at radius 3 is 1.19 bits per heavy atom. The highest BCUT2D eigenvalue weighted by Gasteiger charge is 2.46. The van der Waals surface area contributed by atoms with Gasteiger partial charge in [-0.2, -0.15) is 5.26 Å². The van der Waals surface area contributed by atoms with Crippen molar-refractivity contribution in [3.05, 3.63) is 224 Å². The maximum atomic E-state index is 11.1. The Bertz CT molecular complexity index is 2990. The molecule has 9 aromatic rings. The van der Waals surface area contributed by atoms with Crippen LogP contribution < -0.4 is 26.2 Å². The molecule has 2 aliphatic rings. The number of anilines is 6. The van der Waals surface area contributed by atoms with E-state index in [1.807, 2.05) is 6.07 Å². The van der Waals surface area contributed by atoms with Crippen molar-refractivity contribution in [2.45, 2.75) is 0 Å². The lowest BCUT2D eigenvalue weighted by Gasteiger charge is -2.46. The van der Waals surface area contributed by atoms with Crippen LogP contribution in [0, 0.1) is 11.3 Å². The molecule has 59 heavy (non-hydrogen) atoms. The van der Waals surface area contributed by atoms with Crippen LogP contribution in [0.1, 0.15) is 5.56 Å². The molecule has 274 valence electrons. The predicted octanol–water partition coefficient (Wildman–Crippen LogP) is 12.3. The largest absolute Gasteiger partial charge is 0.311 e. The van der Waals surface area contributed by atoms with Crippen molar-refractivity contribution < 1.29 is 0 Å². The second-order valence-electron chi connectivity index (χ2n) is 15.2. The first-order chi connectivity index (χ1) is 29.3. The second kappa shape index (κ2) is 14.3. The molecule has 0 aromatic heterocycles. The molecule has 0 radical (unpaired) electrons. The van der Waals surface area contributed by atoms with Gasteiger partial charge in [0.05, 0.1) is 11.3 Å². The van der Waals surface area contributed by atoms with Gasteiger partial charge >= 0.3 is 0 Å². The zero-order valence-corrected chi connectivity index (χ0v) is 32.2. The minimum Gasteiger partial charge on any atom is -0.311 e. The van der Waals surface area contributed by atoms with Gasteiger partial charge in [-0.15, -0.1) is 0 Å². The van der Waals surface area contributed by atoms with Gasteiger partial charge in [-0.25, -0.2) is 0 Å². The Balaban J connectivity index is 1.35. The molecule has 0 amide bonds. The molecule has 4 heteroatoms. The number of nitriles is 1. The monoisotopic (exact) mass is 749 g/mol. The summed E-state index contributed by atoms with van der Waals surface area (Å²) in [6.45, 7) is -0.226. The summed E-state index contributed by atoms with van der Waals surface area (Å²) in [4.78, 5) is 4.81. The number of hydrogen-bond acceptors (Lipinski definition) is 3. The van der Waals surface area contributed by atoms with Gasteiger partial charge in [0.1, 0.15) is 6.07 Å². The Morgan fingerprint density at radius 1 is 0.356 bits per heavy atom. The van der Waals surface area contributed by atoms with Crippen LogP contribution in [0.25, 0.3) is 44.5 Å². The summed E-state index contributed by atoms with van der Waals surface area (Å²) in [7, 11) is 0. The maximum absolute atomic E-state index is 11.1. The highest BCUT2D eigenvalue weighted by Crippen LogP contribution is 2.50. The molecular weight excluding hydrogens is 713 g/mol. The van der Waals surface area contributed by atoms with Crippen molar-refractivity contribution in [2.24, 2.45) is 0 Å². The highest BCUT2D eigenvalue weighted by molar-refractivity contribution is 7.00. The number of fused-ring (bicyclic) bond motifs is 4. The van der Waals surface area contributed by atoms with Gasteiger partial charge in [0.15, 0.2) is 0 Å². The average molecular weight is 750 g/mol. The van der Waals surface area contributed by atoms with Gasteiger partial charge in [-0.1, -0.05) is 170 Å². The SMILES string of the molecule is N#Cc1ccc2c3c1N(c1ccccc1)c1c(cc(-c4ccccc4)cc1-c1ccccc1)B3c1cc(-c3ccccc3)cc(-c3ccccc3)c1N2c1ccccc1. The Labute approximate surface area is 345 Å². The summed E-state index contributed by atoms with van der Waals surface area (Å²) >= 11 is 0. The lowest BCUT2D eigenvalue weighted by Crippen LogP contribution is -2.62. The van der Waals surface area contributed by atoms with Crippen LogP contribution in [0.15, 0.2) is 218 Å². The summed E-state index contributed by atoms with van der Waals surface area (Å²) < 4.78 is 0. The van der Waals surface area contributed by atoms with Gasteiger partial charge in [0.25, 0.3) is 6.71 Å². The van der Waals surface area contributed by atoms with Crippen LogP contribution in [-0.2, 0) is 0 Å². The fraction of sp³-hybridized carbons (Fsp3) is 0. The van der Waals surface area contributed by atoms with Crippen LogP contribution in [-0.4, -0.2) is 6.71 Å². The molecule has 2 aliphatic heterocycles. The Morgan fingerprint density at radius 2 is 0.746 bits per heavy atom. The first-order valence-corrected chi connectivity index (χ1v) is 20.1. The highest BCUT2D eigenvalue weighted by atomic mass is 15.2. The van der Waals surface area contributed by atoms with Crippen LogP contribution in [0.3, 0.4) is 0 Å². The molecule has 0 spiro atoms. The molecule has 0 fully saturated rings. The fourth-order valence-electron chi connectivity index (χ4n) is 9.32. The van der Waals surface area contributed by atoms with E-state index in [2.05, 4.69) is 228 Å². The molecule has 0 atom stereocenters. The lowest BCUT2D eigenvalue weighted by molar-refractivity contribution is 1.24. The minimum absolute atomic E-state index is 0.226. The molecule has 0 unspecified atom stereocenters. The lowest BCUT2D eigenvalue weighted by atomic mass is 9.32. The van der Waals surface area contributed by atoms with Gasteiger partial charge in [0, 0.05) is 39.6 Å². The van der Waals surface area contributed by atoms with E-state index in [9.17, 15) is 5.26 Å². The number of hydrogen-bond donors (Lipinski definition) is 0. The van der Waals surface area contributed by atoms with E-state index >= 15 is 0 Å². The van der Waals surface area contributed by atoms with Crippen LogP contribution >= 0.6 is 0 Å². The van der Waals surface area contributed by atoms with E-state index in [1.54, 1.807) is 0 Å². The smallest absolute Gasteiger partial charge is 0.252 e. The summed E-state index contributed by atoms with van der Waals surface area (Å²) in [6.07, 6.45) is 0. The zero-order chi connectivity index (χ0) is 39.3. The number of nitrogens with zero attached hydrogens (tertiary/aromatic N) is 3. The van der Waals surface area contributed by atoms with Crippen molar-refractivity contribution in [2.75, 3.05) is 9.80 Å². The van der Waals surface area contributed by atoms with Crippen molar-refractivity contribution in [1.29, 1.82) is 5.26 Å². The Hall–Kier alpha value is -7.87. The average Bonchev–Trinajstić information content (AvgIpc) is 3.32. The van der Waals surface area contributed by atoms with Crippen LogP contribution in [0.2, 0.25) is 0 Å². The summed E-state index contributed by atoms with van der Waals surface area (Å²) in [5.41, 5.74) is 19.5. The quantitative estimate of drug-likeness (QED) is 0.159. The van der Waals surface area contributed by atoms with E-state index in [1.165, 1.54) is 10.9 Å². The van der Waals surface area contributed by atoms with Crippen molar-refractivity contribution in [3.8, 4) is 50.6 Å². The van der Waals surface area contributed by atoms with E-state index in [4.69, 9.17) is 0 Å². The van der Waals surface area contributed by atoms with E-state index < -0.39 is 0 Å². The molecule has 0 N–H and O–H groups in total. The second-order valence-corrected chi connectivity index (χ2v) is 15.2. The normalized spacial score (nSPS) is 12.3. The third kappa shape index (κ3) is 5.67. The zero-order valence-electron chi connectivity index (χ0n) is 32.2. The van der Waals surface area contributed by atoms with E-state index in [0.29, 0.717) is 5.56 Å². The topological polar surface area (TPSA) is 30.3 Å². The summed E-state index contributed by atoms with van der Waals surface area (Å²) in [6, 6.07) is 80.6. The van der Waals surface area contributed by atoms with E-state index in [-0.39, 0.29) is 6.71 Å². The standard InChI is InChI=1S/C55H36BN3/c57-37-42-31-32-51-52-53(42)59(46-29-17-6-18-30-46)55-48(41-25-13-4-14-26-41)34-44(39-21-9-2-10-22-39)36-50(55)56(52)49-35-43(38-19-7-1-8-20-38)33-47(40-23-11-3-12-24-40)54(49)58(51)45-27-15-5-16-28-45/h1-36H. The predicted molar refractivity (Wildman–Crippen MR) is 247 cm³/mol. The molecule has 11 rings (SSSR count). The molecule has 0 bridgehead atoms. The Kier molecular flexibility index (Phi) is 8.31. The fourth-order valence-corrected chi connectivity index (χ4v) is 9.32. The van der Waals surface area contributed by atoms with Crippen LogP contribution in [0.4, 0.5) is 34.1 Å². The minimum atomic E-state index is -0.226. The first-order valence-electron chi connectivity index (χ1n) is 20.1. The number of para-hydroxylation sites is 2. The molecule has 0 saturated heterocycles. The molecular formula is C55H36BN3. The summed E-state index contributed by atoms with van der Waals surface area (Å²) in [5, 5.41) is 11.1. The van der Waals surface area contributed by atoms with Gasteiger partial charge < -0.3 is 9.80 Å². The number of benzene rings is 9. The first kappa shape index (κ1) is 34.4. The van der Waals surface area contributed by atoms with Crippen molar-refractivity contribution in [3.63, 3.8) is 0 Å². The molecule has 9 aromatic carbocycles. The van der Waals surface area contributed by atoms with Crippen molar-refractivity contribution >= 4 is 57.2 Å². The third-order valence-corrected chi connectivity index (χ3v) is 11.8. The van der Waals surface area contributed by atoms with Crippen LogP contribution in [0.5, 0.6) is 0 Å². The molecule has 0 saturated carbocycles. The maximum Gasteiger partial charge on any atom is 0.252 e. The van der Waals surface area contributed by atoms with Gasteiger partial charge in [-0.05, 0) is 98.3 Å². The van der Waals surface area contributed by atoms with Gasteiger partial charge in [-0.3, -0.25) is 0 Å². The number of rotatable bonds is 6.